The molecule has 0 saturated heterocycles. The molecule has 0 saturated carbocycles. The Balaban J connectivity index is 0.000000267. The zero-order chi connectivity index (χ0) is 27.2. The number of ether oxygens (including phenoxy) is 1. The van der Waals surface area contributed by atoms with Crippen molar-refractivity contribution in [2.45, 2.75) is 12.5 Å². The number of ketones is 2. The van der Waals surface area contributed by atoms with Gasteiger partial charge in [0.15, 0.2) is 11.6 Å². The van der Waals surface area contributed by atoms with Crippen molar-refractivity contribution in [1.29, 1.82) is 0 Å². The number of aromatic hydroxyl groups is 1. The van der Waals surface area contributed by atoms with Crippen LogP contribution >= 0.6 is 31.9 Å². The Kier molecular flexibility index (Phi) is 12.9. The molecule has 0 bridgehead atoms. The standard InChI is InChI=1S/2C15H10BrFO2.Na.H2O/c16-11-6-10-13(18)8-14(9-4-2-1-3-5-9)19-15(10)7-12(11)17;16-12-8-11(15(19)9-13(12)17)14(18)7-6-10-4-2-1-3-5-10;;/h1-7,14H,8H2;1-9,19H;;1H2/q;;+1;/p-1/b;7-6+;;. The molecule has 0 fully saturated rings. The quantitative estimate of drug-likeness (QED) is 0.179. The molecule has 1 atom stereocenters. The van der Waals surface area contributed by atoms with Gasteiger partial charge in [-0.25, -0.2) is 8.78 Å². The zero-order valence-electron chi connectivity index (χ0n) is 21.2. The van der Waals surface area contributed by atoms with E-state index in [-0.39, 0.29) is 79.4 Å². The van der Waals surface area contributed by atoms with Gasteiger partial charge in [0.1, 0.15) is 29.2 Å². The second-order valence-corrected chi connectivity index (χ2v) is 10.0. The van der Waals surface area contributed by atoms with Crippen LogP contribution in [0, 0.1) is 11.6 Å². The fourth-order valence-electron chi connectivity index (χ4n) is 3.73. The second kappa shape index (κ2) is 15.4. The minimum absolute atomic E-state index is 0. The zero-order valence-corrected chi connectivity index (χ0v) is 26.3. The molecule has 0 aliphatic carbocycles. The first-order chi connectivity index (χ1) is 18.2. The van der Waals surface area contributed by atoms with Crippen molar-refractivity contribution in [2.75, 3.05) is 0 Å². The minimum atomic E-state index is -0.610. The first kappa shape index (κ1) is 33.5. The Labute approximate surface area is 268 Å². The summed E-state index contributed by atoms with van der Waals surface area (Å²) >= 11 is 6.06. The summed E-state index contributed by atoms with van der Waals surface area (Å²) in [5.74, 6) is -1.52. The molecule has 2 N–H and O–H groups in total. The molecule has 0 spiro atoms. The molecule has 1 aliphatic heterocycles. The van der Waals surface area contributed by atoms with E-state index in [1.54, 1.807) is 6.08 Å². The smallest absolute Gasteiger partial charge is 0.870 e. The third-order valence-corrected chi connectivity index (χ3v) is 6.88. The van der Waals surface area contributed by atoms with Gasteiger partial charge in [-0.05, 0) is 61.2 Å². The number of benzene rings is 4. The van der Waals surface area contributed by atoms with Gasteiger partial charge in [0.2, 0.25) is 0 Å². The topological polar surface area (TPSA) is 93.6 Å². The van der Waals surface area contributed by atoms with Gasteiger partial charge in [-0.2, -0.15) is 0 Å². The van der Waals surface area contributed by atoms with Crippen LogP contribution in [-0.2, 0) is 0 Å². The van der Waals surface area contributed by atoms with Gasteiger partial charge in [-0.1, -0.05) is 66.7 Å². The summed E-state index contributed by atoms with van der Waals surface area (Å²) in [4.78, 5) is 24.0. The van der Waals surface area contributed by atoms with E-state index in [9.17, 15) is 23.5 Å². The molecule has 4 aromatic carbocycles. The van der Waals surface area contributed by atoms with Crippen LogP contribution in [-0.4, -0.2) is 22.1 Å². The predicted molar refractivity (Wildman–Crippen MR) is 150 cm³/mol. The number of hydrogen-bond donors (Lipinski definition) is 1. The summed E-state index contributed by atoms with van der Waals surface area (Å²) in [5.41, 5.74) is 2.28. The summed E-state index contributed by atoms with van der Waals surface area (Å²) in [6.07, 6.45) is 2.91. The van der Waals surface area contributed by atoms with E-state index in [1.165, 1.54) is 24.3 Å². The number of hydrogen-bond acceptors (Lipinski definition) is 5. The fourth-order valence-corrected chi connectivity index (χ4v) is 4.42. The SMILES string of the molecule is O=C(/C=C/c1ccccc1)c1cc(Br)c(F)cc1O.O=C1CC(c2ccccc2)Oc2cc(F)c(Br)cc21.[Na+].[OH-]. The van der Waals surface area contributed by atoms with Crippen LogP contribution in [0.2, 0.25) is 0 Å². The molecule has 40 heavy (non-hydrogen) atoms. The number of phenolic OH excluding ortho intramolecular Hbond substituents is 1. The number of halogens is 4. The van der Waals surface area contributed by atoms with Crippen LogP contribution in [0.15, 0.2) is 100.0 Å². The summed E-state index contributed by atoms with van der Waals surface area (Å²) < 4.78 is 32.8. The van der Waals surface area contributed by atoms with E-state index >= 15 is 0 Å². The van der Waals surface area contributed by atoms with Crippen LogP contribution in [0.1, 0.15) is 44.4 Å². The number of carbonyl (C=O) groups is 2. The molecule has 1 aliphatic rings. The first-order valence-electron chi connectivity index (χ1n) is 11.4. The minimum Gasteiger partial charge on any atom is -0.870 e. The van der Waals surface area contributed by atoms with Crippen LogP contribution in [0.5, 0.6) is 11.5 Å². The maximum atomic E-state index is 13.5. The van der Waals surface area contributed by atoms with Gasteiger partial charge in [0, 0.05) is 12.1 Å². The average molecular weight is 682 g/mol. The third kappa shape index (κ3) is 8.42. The van der Waals surface area contributed by atoms with Crippen molar-refractivity contribution in [3.63, 3.8) is 0 Å². The van der Waals surface area contributed by atoms with Crippen LogP contribution in [0.25, 0.3) is 6.08 Å². The number of phenols is 1. The van der Waals surface area contributed by atoms with Gasteiger partial charge in [0.05, 0.1) is 26.5 Å². The molecule has 5 nitrogen and oxygen atoms in total. The average Bonchev–Trinajstić information content (AvgIpc) is 2.92. The Hall–Kier alpha value is -2.66. The van der Waals surface area contributed by atoms with Crippen molar-refractivity contribution in [3.05, 3.63) is 134 Å². The summed E-state index contributed by atoms with van der Waals surface area (Å²) in [6, 6.07) is 23.7. The van der Waals surface area contributed by atoms with Gasteiger partial charge in [-0.3, -0.25) is 9.59 Å². The van der Waals surface area contributed by atoms with Crippen LogP contribution < -0.4 is 34.3 Å². The van der Waals surface area contributed by atoms with Crippen molar-refractivity contribution in [1.82, 2.24) is 0 Å². The number of rotatable bonds is 4. The summed E-state index contributed by atoms with van der Waals surface area (Å²) in [6.45, 7) is 0. The molecule has 0 radical (unpaired) electrons. The van der Waals surface area contributed by atoms with Crippen molar-refractivity contribution in [3.8, 4) is 11.5 Å². The van der Waals surface area contributed by atoms with Crippen LogP contribution in [0.3, 0.4) is 0 Å². The van der Waals surface area contributed by atoms with E-state index in [4.69, 9.17) is 4.74 Å². The predicted octanol–water partition coefficient (Wildman–Crippen LogP) is 5.31. The largest absolute Gasteiger partial charge is 1.00 e. The molecule has 1 heterocycles. The first-order valence-corrected chi connectivity index (χ1v) is 13.0. The van der Waals surface area contributed by atoms with Gasteiger partial charge < -0.3 is 15.3 Å². The maximum Gasteiger partial charge on any atom is 1.00 e. The molecule has 1 unspecified atom stereocenters. The molecular weight excluding hydrogens is 661 g/mol. The fraction of sp³-hybridized carbons (Fsp3) is 0.0667. The van der Waals surface area contributed by atoms with Gasteiger partial charge >= 0.3 is 29.6 Å². The van der Waals surface area contributed by atoms with E-state index in [0.717, 1.165) is 17.2 Å². The number of allylic oxidation sites excluding steroid dienone is 1. The van der Waals surface area contributed by atoms with Gasteiger partial charge in [-0.15, -0.1) is 0 Å². The summed E-state index contributed by atoms with van der Waals surface area (Å²) in [7, 11) is 0. The Morgan fingerprint density at radius 1 is 0.900 bits per heavy atom. The molecule has 5 rings (SSSR count). The normalized spacial score (nSPS) is 13.6. The molecule has 0 amide bonds. The number of carbonyl (C=O) groups excluding carboxylic acids is 2. The maximum absolute atomic E-state index is 13.5. The van der Waals surface area contributed by atoms with Crippen molar-refractivity contribution in [2.24, 2.45) is 0 Å². The van der Waals surface area contributed by atoms with Gasteiger partial charge in [0.25, 0.3) is 0 Å². The number of fused-ring (bicyclic) bond motifs is 1. The monoisotopic (exact) mass is 680 g/mol. The van der Waals surface area contributed by atoms with Crippen LogP contribution in [0.4, 0.5) is 8.78 Å². The van der Waals surface area contributed by atoms with E-state index in [2.05, 4.69) is 31.9 Å². The molecule has 10 heteroatoms. The third-order valence-electron chi connectivity index (χ3n) is 5.67. The van der Waals surface area contributed by atoms with E-state index in [0.29, 0.717) is 11.3 Å². The van der Waals surface area contributed by atoms with E-state index < -0.39 is 11.6 Å². The Bertz CT molecular complexity index is 1520. The summed E-state index contributed by atoms with van der Waals surface area (Å²) in [5, 5.41) is 9.57. The number of Topliss-reactive ketones (excluding diaryl/α,β-unsaturated/α-hetero) is 1. The Morgan fingerprint density at radius 3 is 2.12 bits per heavy atom. The van der Waals surface area contributed by atoms with Crippen molar-refractivity contribution >= 4 is 49.5 Å². The Morgan fingerprint density at radius 2 is 1.48 bits per heavy atom. The molecule has 0 aromatic heterocycles. The molecular formula is C30H21Br2F2NaO5. The molecule has 4 aromatic rings. The van der Waals surface area contributed by atoms with E-state index in [1.807, 2.05) is 60.7 Å². The van der Waals surface area contributed by atoms with Crippen molar-refractivity contribution < 1.29 is 63.2 Å². The molecule has 200 valence electrons. The second-order valence-electron chi connectivity index (χ2n) is 8.30.